The maximum atomic E-state index is 3.86. The molecule has 0 N–H and O–H groups in total. The van der Waals surface area contributed by atoms with Crippen molar-refractivity contribution < 1.29 is 0 Å². The molecule has 0 saturated carbocycles. The summed E-state index contributed by atoms with van der Waals surface area (Å²) >= 11 is 0. The molecule has 1 aliphatic heterocycles. The van der Waals surface area contributed by atoms with Crippen LogP contribution < -0.4 is 4.99 Å². The van der Waals surface area contributed by atoms with Gasteiger partial charge in [0.2, 0.25) is 0 Å². The summed E-state index contributed by atoms with van der Waals surface area (Å²) in [6.45, 7) is 4.43. The van der Waals surface area contributed by atoms with Gasteiger partial charge in [0.25, 0.3) is 6.34 Å². The van der Waals surface area contributed by atoms with E-state index in [2.05, 4.69) is 11.6 Å². The molecule has 2 nitrogen and oxygen atoms in total. The van der Waals surface area contributed by atoms with Gasteiger partial charge in [-0.1, -0.05) is 17.6 Å². The van der Waals surface area contributed by atoms with Crippen molar-refractivity contribution >= 4 is 6.34 Å². The van der Waals surface area contributed by atoms with E-state index in [0.717, 1.165) is 6.54 Å². The van der Waals surface area contributed by atoms with Crippen LogP contribution in [0, 0.1) is 0 Å². The lowest BCUT2D eigenvalue weighted by Gasteiger charge is -1.94. The van der Waals surface area contributed by atoms with Crippen LogP contribution in [-0.4, -0.2) is 17.8 Å². The first-order valence-electron chi connectivity index (χ1n) is 2.50. The minimum atomic E-state index is 0.847. The lowest BCUT2D eigenvalue weighted by molar-refractivity contribution is 0.654. The zero-order valence-corrected chi connectivity index (χ0v) is 4.62. The van der Waals surface area contributed by atoms with Gasteiger partial charge in [0.1, 0.15) is 12.7 Å². The molecule has 0 spiro atoms. The van der Waals surface area contributed by atoms with Gasteiger partial charge in [-0.3, -0.25) is 0 Å². The fraction of sp³-hybridized carbons (Fsp3) is 0.167. The van der Waals surface area contributed by atoms with Gasteiger partial charge >= 0.3 is 0 Å². The molecule has 1 radical (unpaired) electrons. The van der Waals surface area contributed by atoms with Crippen LogP contribution >= 0.6 is 0 Å². The highest BCUT2D eigenvalue weighted by atomic mass is 15.2. The second-order valence-electron chi connectivity index (χ2n) is 1.55. The van der Waals surface area contributed by atoms with Crippen LogP contribution in [0.15, 0.2) is 25.1 Å². The molecule has 1 aliphatic rings. The van der Waals surface area contributed by atoms with Gasteiger partial charge in [-0.05, 0) is 0 Å². The van der Waals surface area contributed by atoms with Gasteiger partial charge < -0.3 is 0 Å². The highest BCUT2D eigenvalue weighted by Gasteiger charge is 2.03. The molecule has 8 heavy (non-hydrogen) atoms. The molecule has 0 unspecified atom stereocenters. The molecule has 0 saturated heterocycles. The summed E-state index contributed by atoms with van der Waals surface area (Å²) in [7, 11) is 0. The van der Waals surface area contributed by atoms with Gasteiger partial charge in [0.05, 0.1) is 0 Å². The van der Waals surface area contributed by atoms with E-state index in [-0.39, 0.29) is 0 Å². The second-order valence-corrected chi connectivity index (χ2v) is 1.55. The topological polar surface area (TPSA) is 17.3 Å². The number of aliphatic imine (C=N–C) groups is 1. The molecule has 1 heterocycles. The molecule has 1 rings (SSSR count). The molecular formula is C6H8N2+. The van der Waals surface area contributed by atoms with E-state index in [1.54, 1.807) is 12.5 Å². The quantitative estimate of drug-likeness (QED) is 0.466. The van der Waals surface area contributed by atoms with E-state index in [9.17, 15) is 0 Å². The van der Waals surface area contributed by atoms with Crippen molar-refractivity contribution in [1.29, 1.82) is 0 Å². The third kappa shape index (κ3) is 0.964. The first-order valence-corrected chi connectivity index (χ1v) is 2.50. The molecule has 2 heteroatoms. The van der Waals surface area contributed by atoms with Crippen molar-refractivity contribution in [2.45, 2.75) is 0 Å². The lowest BCUT2D eigenvalue weighted by atomic mass is 10.6. The van der Waals surface area contributed by atoms with E-state index in [1.165, 1.54) is 0 Å². The number of hydrogen-bond acceptors (Lipinski definition) is 2. The zero-order valence-electron chi connectivity index (χ0n) is 4.62. The number of rotatable bonds is 2. The Morgan fingerprint density at radius 1 is 1.75 bits per heavy atom. The zero-order chi connectivity index (χ0) is 5.82. The molecule has 0 atom stereocenters. The van der Waals surface area contributed by atoms with Crippen LogP contribution in [0.4, 0.5) is 0 Å². The Morgan fingerprint density at radius 3 is 3.12 bits per heavy atom. The molecule has 0 amide bonds. The summed E-state index contributed by atoms with van der Waals surface area (Å²) in [5.74, 6) is 0. The fourth-order valence-electron chi connectivity index (χ4n) is 0.544. The lowest BCUT2D eigenvalue weighted by Crippen LogP contribution is -2.11. The van der Waals surface area contributed by atoms with Crippen LogP contribution in [0.3, 0.4) is 0 Å². The highest BCUT2D eigenvalue weighted by molar-refractivity contribution is 5.58. The predicted molar refractivity (Wildman–Crippen MR) is 34.2 cm³/mol. The van der Waals surface area contributed by atoms with E-state index in [4.69, 9.17) is 0 Å². The first kappa shape index (κ1) is 5.09. The Kier molecular flexibility index (Phi) is 1.47. The van der Waals surface area contributed by atoms with Crippen molar-refractivity contribution in [2.24, 2.45) is 0 Å². The number of nitrogens with zero attached hydrogens (tertiary/aromatic N) is 2. The predicted octanol–water partition coefficient (Wildman–Crippen LogP) is 0.323. The minimum Gasteiger partial charge on any atom is -0.230 e. The van der Waals surface area contributed by atoms with Gasteiger partial charge in [0.15, 0.2) is 6.20 Å². The summed E-state index contributed by atoms with van der Waals surface area (Å²) in [5.41, 5.74) is 0. The average Bonchev–Trinajstić information content (AvgIpc) is 2.19. The molecule has 0 fully saturated rings. The highest BCUT2D eigenvalue weighted by Crippen LogP contribution is 1.87. The van der Waals surface area contributed by atoms with Crippen molar-refractivity contribution in [2.75, 3.05) is 6.54 Å². The Balaban J connectivity index is 2.37. The largest absolute Gasteiger partial charge is 0.286 e. The summed E-state index contributed by atoms with van der Waals surface area (Å²) < 4.78 is 0. The maximum Gasteiger partial charge on any atom is 0.286 e. The van der Waals surface area contributed by atoms with Gasteiger partial charge in [-0.25, -0.2) is 4.90 Å². The van der Waals surface area contributed by atoms with E-state index >= 15 is 0 Å². The summed E-state index contributed by atoms with van der Waals surface area (Å²) in [4.78, 5) is 5.81. The Labute approximate surface area is 48.8 Å². The van der Waals surface area contributed by atoms with Crippen molar-refractivity contribution in [3.05, 3.63) is 25.1 Å². The van der Waals surface area contributed by atoms with E-state index in [1.807, 2.05) is 17.2 Å². The minimum absolute atomic E-state index is 0.847. The van der Waals surface area contributed by atoms with Crippen molar-refractivity contribution in [1.82, 2.24) is 9.89 Å². The fourth-order valence-corrected chi connectivity index (χ4v) is 0.544. The number of hydrogen-bond donors (Lipinski definition) is 0. The van der Waals surface area contributed by atoms with Crippen molar-refractivity contribution in [3.8, 4) is 0 Å². The first-order chi connectivity index (χ1) is 3.93. The molecule has 0 aromatic carbocycles. The van der Waals surface area contributed by atoms with E-state index < -0.39 is 0 Å². The Morgan fingerprint density at radius 2 is 2.62 bits per heavy atom. The van der Waals surface area contributed by atoms with Crippen LogP contribution in [0.2, 0.25) is 0 Å². The standard InChI is InChI=1S/C6H8N2/c1-2-4-8-5-3-7-6-8/h2-3,5-6H,1,4H2/q+1. The summed E-state index contributed by atoms with van der Waals surface area (Å²) in [6, 6.07) is 0. The van der Waals surface area contributed by atoms with Crippen LogP contribution in [-0.2, 0) is 0 Å². The van der Waals surface area contributed by atoms with Gasteiger partial charge in [-0.2, -0.15) is 0 Å². The smallest absolute Gasteiger partial charge is 0.230 e. The maximum absolute atomic E-state index is 3.86. The van der Waals surface area contributed by atoms with Gasteiger partial charge in [-0.15, -0.1) is 0 Å². The molecular weight excluding hydrogens is 100 g/mol. The Bertz CT molecular complexity index is 123. The van der Waals surface area contributed by atoms with Gasteiger partial charge in [0, 0.05) is 0 Å². The van der Waals surface area contributed by atoms with Crippen LogP contribution in [0.25, 0.3) is 0 Å². The van der Waals surface area contributed by atoms with Crippen molar-refractivity contribution in [3.63, 3.8) is 0 Å². The average molecular weight is 108 g/mol. The SMILES string of the molecule is C=CCN1C=C[N+]=C1. The molecule has 0 aromatic rings. The molecule has 41 valence electrons. The Hall–Kier alpha value is -1.05. The van der Waals surface area contributed by atoms with E-state index in [0.29, 0.717) is 0 Å². The second kappa shape index (κ2) is 2.31. The molecule has 0 bridgehead atoms. The normalized spacial score (nSPS) is 15.2. The third-order valence-electron chi connectivity index (χ3n) is 0.899. The molecule has 0 aliphatic carbocycles. The summed E-state index contributed by atoms with van der Waals surface area (Å²) in [6.07, 6.45) is 7.26. The monoisotopic (exact) mass is 108 g/mol. The molecule has 0 aromatic heterocycles. The van der Waals surface area contributed by atoms with Crippen LogP contribution in [0.5, 0.6) is 0 Å². The summed E-state index contributed by atoms with van der Waals surface area (Å²) in [5, 5.41) is 0. The van der Waals surface area contributed by atoms with Crippen LogP contribution in [0.1, 0.15) is 0 Å². The third-order valence-corrected chi connectivity index (χ3v) is 0.899.